The Morgan fingerprint density at radius 1 is 1.41 bits per heavy atom. The summed E-state index contributed by atoms with van der Waals surface area (Å²) in [5, 5.41) is 0. The molecule has 0 amide bonds. The summed E-state index contributed by atoms with van der Waals surface area (Å²) in [5.41, 5.74) is 0.805. The second-order valence-electron chi connectivity index (χ2n) is 4.51. The monoisotopic (exact) mass is 295 g/mol. The van der Waals surface area contributed by atoms with Crippen LogP contribution in [0.2, 0.25) is 0 Å². The van der Waals surface area contributed by atoms with Crippen LogP contribution >= 0.6 is 15.9 Å². The molecule has 0 aromatic heterocycles. The van der Waals surface area contributed by atoms with Crippen LogP contribution in [0.15, 0.2) is 28.7 Å². The molecule has 1 aromatic rings. The Morgan fingerprint density at radius 2 is 2.12 bits per heavy atom. The molecule has 0 unspecified atom stereocenters. The van der Waals surface area contributed by atoms with Crippen LogP contribution in [0.25, 0.3) is 0 Å². The lowest BCUT2D eigenvalue weighted by Crippen LogP contribution is -2.28. The largest absolute Gasteiger partial charge is 0.300 e. The molecule has 0 heterocycles. The van der Waals surface area contributed by atoms with Crippen molar-refractivity contribution in [3.05, 3.63) is 34.3 Å². The fraction of sp³-hybridized carbons (Fsp3) is 0.500. The number of nitrogens with zero attached hydrogens (tertiary/aromatic N) is 1. The molecule has 0 saturated heterocycles. The van der Waals surface area contributed by atoms with E-state index in [1.165, 1.54) is 12.8 Å². The number of halogens is 1. The fourth-order valence-electron chi connectivity index (χ4n) is 2.11. The predicted octanol–water partition coefficient (Wildman–Crippen LogP) is 3.51. The molecule has 1 aliphatic rings. The molecule has 2 nitrogen and oxygen atoms in total. The van der Waals surface area contributed by atoms with Gasteiger partial charge in [0.25, 0.3) is 0 Å². The molecule has 92 valence electrons. The zero-order valence-corrected chi connectivity index (χ0v) is 11.7. The van der Waals surface area contributed by atoms with Gasteiger partial charge in [-0.25, -0.2) is 0 Å². The third-order valence-electron chi connectivity index (χ3n) is 3.27. The van der Waals surface area contributed by atoms with Gasteiger partial charge in [0.15, 0.2) is 5.78 Å². The highest BCUT2D eigenvalue weighted by atomic mass is 79.9. The highest BCUT2D eigenvalue weighted by Crippen LogP contribution is 2.27. The van der Waals surface area contributed by atoms with Gasteiger partial charge in [0, 0.05) is 29.0 Å². The lowest BCUT2D eigenvalue weighted by atomic mass is 10.1. The van der Waals surface area contributed by atoms with Gasteiger partial charge in [0.1, 0.15) is 0 Å². The van der Waals surface area contributed by atoms with Gasteiger partial charge in [0.05, 0.1) is 0 Å². The molecule has 0 spiro atoms. The lowest BCUT2D eigenvalue weighted by molar-refractivity contribution is 0.0963. The van der Waals surface area contributed by atoms with Crippen molar-refractivity contribution in [2.24, 2.45) is 0 Å². The van der Waals surface area contributed by atoms with Crippen molar-refractivity contribution in [1.82, 2.24) is 4.90 Å². The number of rotatable bonds is 6. The molecule has 1 aromatic carbocycles. The maximum absolute atomic E-state index is 12.1. The summed E-state index contributed by atoms with van der Waals surface area (Å²) in [6.07, 6.45) is 3.22. The third kappa shape index (κ3) is 3.39. The SMILES string of the molecule is CCN(CCC(=O)c1ccccc1Br)C1CC1. The maximum atomic E-state index is 12.1. The minimum absolute atomic E-state index is 0.233. The zero-order chi connectivity index (χ0) is 12.3. The third-order valence-corrected chi connectivity index (χ3v) is 3.96. The van der Waals surface area contributed by atoms with Gasteiger partial charge in [-0.1, -0.05) is 41.1 Å². The highest BCUT2D eigenvalue weighted by Gasteiger charge is 2.27. The molecule has 1 saturated carbocycles. The average Bonchev–Trinajstić information content (AvgIpc) is 3.14. The molecular weight excluding hydrogens is 278 g/mol. The smallest absolute Gasteiger partial charge is 0.165 e. The Labute approximate surface area is 111 Å². The first kappa shape index (κ1) is 12.8. The molecule has 0 bridgehead atoms. The number of carbonyl (C=O) groups is 1. The van der Waals surface area contributed by atoms with E-state index in [9.17, 15) is 4.79 Å². The van der Waals surface area contributed by atoms with E-state index in [0.717, 1.165) is 29.2 Å². The summed E-state index contributed by atoms with van der Waals surface area (Å²) in [7, 11) is 0. The van der Waals surface area contributed by atoms with E-state index in [1.54, 1.807) is 0 Å². The molecule has 1 aliphatic carbocycles. The maximum Gasteiger partial charge on any atom is 0.165 e. The van der Waals surface area contributed by atoms with Crippen LogP contribution in [-0.2, 0) is 0 Å². The Hall–Kier alpha value is -0.670. The Morgan fingerprint density at radius 3 is 2.71 bits per heavy atom. The molecule has 0 N–H and O–H groups in total. The Bertz CT molecular complexity index is 401. The second-order valence-corrected chi connectivity index (χ2v) is 5.37. The molecule has 2 rings (SSSR count). The minimum Gasteiger partial charge on any atom is -0.300 e. The molecule has 3 heteroatoms. The molecule has 0 aliphatic heterocycles. The average molecular weight is 296 g/mol. The van der Waals surface area contributed by atoms with E-state index in [-0.39, 0.29) is 5.78 Å². The molecular formula is C14H18BrNO. The van der Waals surface area contributed by atoms with E-state index in [1.807, 2.05) is 24.3 Å². The van der Waals surface area contributed by atoms with Gasteiger partial charge < -0.3 is 4.90 Å². The van der Waals surface area contributed by atoms with Gasteiger partial charge >= 0.3 is 0 Å². The van der Waals surface area contributed by atoms with Crippen LogP contribution in [0.4, 0.5) is 0 Å². The summed E-state index contributed by atoms with van der Waals surface area (Å²) in [6.45, 7) is 4.11. The first-order valence-corrected chi connectivity index (χ1v) is 7.03. The van der Waals surface area contributed by atoms with Gasteiger partial charge in [-0.3, -0.25) is 4.79 Å². The lowest BCUT2D eigenvalue weighted by Gasteiger charge is -2.19. The summed E-state index contributed by atoms with van der Waals surface area (Å²) in [5.74, 6) is 0.233. The van der Waals surface area contributed by atoms with Crippen LogP contribution < -0.4 is 0 Å². The number of ketones is 1. The van der Waals surface area contributed by atoms with Crippen molar-refractivity contribution >= 4 is 21.7 Å². The number of hydrogen-bond donors (Lipinski definition) is 0. The normalized spacial score (nSPS) is 15.2. The minimum atomic E-state index is 0.233. The van der Waals surface area contributed by atoms with E-state index < -0.39 is 0 Å². The summed E-state index contributed by atoms with van der Waals surface area (Å²) in [6, 6.07) is 8.40. The number of carbonyl (C=O) groups excluding carboxylic acids is 1. The van der Waals surface area contributed by atoms with Crippen molar-refractivity contribution in [3.63, 3.8) is 0 Å². The molecule has 17 heavy (non-hydrogen) atoms. The Kier molecular flexibility index (Phi) is 4.35. The van der Waals surface area contributed by atoms with Crippen LogP contribution in [0.5, 0.6) is 0 Å². The standard InChI is InChI=1S/C14H18BrNO/c1-2-16(11-7-8-11)10-9-14(17)12-5-3-4-6-13(12)15/h3-6,11H,2,7-10H2,1H3. The summed E-state index contributed by atoms with van der Waals surface area (Å²) >= 11 is 3.43. The summed E-state index contributed by atoms with van der Waals surface area (Å²) in [4.78, 5) is 14.5. The van der Waals surface area contributed by atoms with Crippen molar-refractivity contribution in [2.45, 2.75) is 32.2 Å². The number of Topliss-reactive ketones (excluding diaryl/α,β-unsaturated/α-hetero) is 1. The van der Waals surface area contributed by atoms with Crippen molar-refractivity contribution in [1.29, 1.82) is 0 Å². The van der Waals surface area contributed by atoms with Crippen molar-refractivity contribution < 1.29 is 4.79 Å². The van der Waals surface area contributed by atoms with Crippen LogP contribution in [-0.4, -0.2) is 29.8 Å². The quantitative estimate of drug-likeness (QED) is 0.749. The van der Waals surface area contributed by atoms with Crippen LogP contribution in [0.3, 0.4) is 0 Å². The van der Waals surface area contributed by atoms with Gasteiger partial charge in [0.2, 0.25) is 0 Å². The van der Waals surface area contributed by atoms with Gasteiger partial charge in [-0.05, 0) is 25.5 Å². The van der Waals surface area contributed by atoms with Crippen molar-refractivity contribution in [2.75, 3.05) is 13.1 Å². The van der Waals surface area contributed by atoms with Crippen LogP contribution in [0, 0.1) is 0 Å². The highest BCUT2D eigenvalue weighted by molar-refractivity contribution is 9.10. The number of hydrogen-bond acceptors (Lipinski definition) is 2. The second kappa shape index (κ2) is 5.78. The van der Waals surface area contributed by atoms with E-state index in [4.69, 9.17) is 0 Å². The van der Waals surface area contributed by atoms with Crippen molar-refractivity contribution in [3.8, 4) is 0 Å². The van der Waals surface area contributed by atoms with E-state index >= 15 is 0 Å². The summed E-state index contributed by atoms with van der Waals surface area (Å²) < 4.78 is 0.902. The van der Waals surface area contributed by atoms with Crippen LogP contribution in [0.1, 0.15) is 36.5 Å². The number of benzene rings is 1. The van der Waals surface area contributed by atoms with Gasteiger partial charge in [-0.2, -0.15) is 0 Å². The fourth-order valence-corrected chi connectivity index (χ4v) is 2.61. The van der Waals surface area contributed by atoms with Gasteiger partial charge in [-0.15, -0.1) is 0 Å². The Balaban J connectivity index is 1.90. The zero-order valence-electron chi connectivity index (χ0n) is 10.2. The molecule has 0 radical (unpaired) electrons. The molecule has 1 fully saturated rings. The van der Waals surface area contributed by atoms with E-state index in [0.29, 0.717) is 6.42 Å². The predicted molar refractivity (Wildman–Crippen MR) is 73.4 cm³/mol. The first-order valence-electron chi connectivity index (χ1n) is 6.24. The van der Waals surface area contributed by atoms with E-state index in [2.05, 4.69) is 27.8 Å². The molecule has 0 atom stereocenters. The topological polar surface area (TPSA) is 20.3 Å². The first-order chi connectivity index (χ1) is 8.22.